The Balaban J connectivity index is 1.55. The number of nitrogens with two attached hydrogens (primary N) is 1. The summed E-state index contributed by atoms with van der Waals surface area (Å²) in [5, 5.41) is 25.3. The van der Waals surface area contributed by atoms with Gasteiger partial charge in [-0.1, -0.05) is 6.07 Å². The summed E-state index contributed by atoms with van der Waals surface area (Å²) in [5.41, 5.74) is 8.80. The molecule has 3 heterocycles. The van der Waals surface area contributed by atoms with Gasteiger partial charge in [0.15, 0.2) is 5.82 Å². The number of piperidine rings is 1. The average molecular weight is 453 g/mol. The summed E-state index contributed by atoms with van der Waals surface area (Å²) >= 11 is 0. The van der Waals surface area contributed by atoms with Crippen LogP contribution in [-0.2, 0) is 4.74 Å². The number of pyridine rings is 1. The lowest BCUT2D eigenvalue weighted by Crippen LogP contribution is -2.48. The molecule has 0 atom stereocenters. The third kappa shape index (κ3) is 5.43. The van der Waals surface area contributed by atoms with Crippen molar-refractivity contribution in [1.82, 2.24) is 9.61 Å². The fourth-order valence-electron chi connectivity index (χ4n) is 4.46. The molecule has 0 bridgehead atoms. The van der Waals surface area contributed by atoms with Crippen LogP contribution in [0.4, 0.5) is 11.5 Å². The number of hydrogen-bond acceptors (Lipinski definition) is 7. The number of rotatable bonds is 9. The molecule has 2 aromatic rings. The van der Waals surface area contributed by atoms with E-state index in [0.717, 1.165) is 29.5 Å². The minimum Gasteiger partial charge on any atom is -0.489 e. The third-order valence-corrected chi connectivity index (χ3v) is 6.29. The fourth-order valence-corrected chi connectivity index (χ4v) is 4.46. The number of aliphatic hydroxyl groups excluding tert-OH is 1. The van der Waals surface area contributed by atoms with Gasteiger partial charge in [0.1, 0.15) is 18.1 Å². The zero-order chi connectivity index (χ0) is 23.3. The van der Waals surface area contributed by atoms with Crippen molar-refractivity contribution < 1.29 is 14.3 Å². The number of anilines is 1. The first-order valence-corrected chi connectivity index (χ1v) is 11.6. The Labute approximate surface area is 194 Å². The van der Waals surface area contributed by atoms with Gasteiger partial charge in [0.2, 0.25) is 0 Å². The molecule has 0 aromatic carbocycles. The smallest absolute Gasteiger partial charge is 0.175 e. The molecular weight excluding hydrogens is 418 g/mol. The van der Waals surface area contributed by atoms with Crippen molar-refractivity contribution in [3.8, 4) is 0 Å². The van der Waals surface area contributed by atoms with E-state index in [1.54, 1.807) is 10.6 Å². The van der Waals surface area contributed by atoms with Crippen molar-refractivity contribution in [2.75, 3.05) is 51.8 Å². The number of fused-ring (bicyclic) bond motifs is 1. The number of likely N-dealkylation sites (tertiary alicyclic amines) is 1. The highest BCUT2D eigenvalue weighted by atomic mass is 16.5. The van der Waals surface area contributed by atoms with Crippen molar-refractivity contribution in [1.29, 1.82) is 5.41 Å². The van der Waals surface area contributed by atoms with Crippen molar-refractivity contribution in [3.05, 3.63) is 48.0 Å². The minimum absolute atomic E-state index is 0.107. The molecule has 2 aromatic heterocycles. The largest absolute Gasteiger partial charge is 0.489 e. The van der Waals surface area contributed by atoms with Crippen LogP contribution >= 0.6 is 0 Å². The van der Waals surface area contributed by atoms with E-state index in [2.05, 4.69) is 12.4 Å². The van der Waals surface area contributed by atoms with E-state index in [4.69, 9.17) is 31.1 Å². The number of aliphatic hydroxyl groups is 1. The lowest BCUT2D eigenvalue weighted by atomic mass is 10.1. The molecule has 1 saturated heterocycles. The molecule has 0 saturated carbocycles. The zero-order valence-electron chi connectivity index (χ0n) is 19.3. The first kappa shape index (κ1) is 23.0. The highest BCUT2D eigenvalue weighted by Gasteiger charge is 2.24. The molecule has 9 heteroatoms. The summed E-state index contributed by atoms with van der Waals surface area (Å²) in [6.45, 7) is 4.47. The van der Waals surface area contributed by atoms with Gasteiger partial charge in [-0.05, 0) is 37.5 Å². The highest BCUT2D eigenvalue weighted by Crippen LogP contribution is 2.31. The first-order chi connectivity index (χ1) is 16.0. The molecule has 0 radical (unpaired) electrons. The van der Waals surface area contributed by atoms with Crippen LogP contribution < -0.4 is 11.1 Å². The Hall–Kier alpha value is -3.17. The first-order valence-electron chi connectivity index (χ1n) is 11.6. The molecule has 1 aliphatic heterocycles. The van der Waals surface area contributed by atoms with Gasteiger partial charge in [-0.25, -0.2) is 9.51 Å². The average Bonchev–Trinajstić information content (AvgIpc) is 3.15. The van der Waals surface area contributed by atoms with Crippen LogP contribution in [0.5, 0.6) is 0 Å². The summed E-state index contributed by atoms with van der Waals surface area (Å²) in [6.07, 6.45) is 10.1. The standard InChI is InChI=1S/C24H34N7O2/c1-31(11-5-2-6-12-31)13-7-9-27-24-23(21-8-3-4-10-30(21)29-24)28-20-17-22(33-15-14-32)19(26)16-18(20)25/h3-4,8,10,16-17,26,32H,2,5-7,9,11-15,25H2,1H3,(H,27,29)/q+1/b26-19?,28-20+. The second-order valence-corrected chi connectivity index (χ2v) is 8.95. The predicted octanol–water partition coefficient (Wildman–Crippen LogP) is 2.61. The van der Waals surface area contributed by atoms with E-state index in [1.807, 2.05) is 24.4 Å². The summed E-state index contributed by atoms with van der Waals surface area (Å²) in [6, 6.07) is 5.85. The van der Waals surface area contributed by atoms with Crippen molar-refractivity contribution >= 4 is 28.4 Å². The molecule has 0 amide bonds. The summed E-state index contributed by atoms with van der Waals surface area (Å²) in [5.74, 6) is 1.04. The van der Waals surface area contributed by atoms with E-state index in [9.17, 15) is 0 Å². The van der Waals surface area contributed by atoms with Crippen LogP contribution in [-0.4, -0.2) is 77.1 Å². The van der Waals surface area contributed by atoms with Crippen molar-refractivity contribution in [2.45, 2.75) is 25.7 Å². The quantitative estimate of drug-likeness (QED) is 0.265. The Kier molecular flexibility index (Phi) is 7.10. The van der Waals surface area contributed by atoms with Crippen LogP contribution in [0.1, 0.15) is 25.7 Å². The lowest BCUT2D eigenvalue weighted by molar-refractivity contribution is -0.914. The van der Waals surface area contributed by atoms with Gasteiger partial charge >= 0.3 is 0 Å². The molecule has 4 rings (SSSR count). The van der Waals surface area contributed by atoms with Crippen molar-refractivity contribution in [2.24, 2.45) is 10.7 Å². The van der Waals surface area contributed by atoms with Crippen molar-refractivity contribution in [3.63, 3.8) is 0 Å². The number of ether oxygens (including phenoxy) is 1. The summed E-state index contributed by atoms with van der Waals surface area (Å²) < 4.78 is 8.43. The Morgan fingerprint density at radius 1 is 1.27 bits per heavy atom. The maximum absolute atomic E-state index is 9.05. The number of hydrogen-bond donors (Lipinski definition) is 4. The van der Waals surface area contributed by atoms with E-state index < -0.39 is 0 Å². The number of nitrogens with one attached hydrogen (secondary N) is 2. The van der Waals surface area contributed by atoms with Crippen LogP contribution in [0.15, 0.2) is 53.0 Å². The second kappa shape index (κ2) is 10.2. The fraction of sp³-hybridized carbons (Fsp3) is 0.458. The Bertz CT molecular complexity index is 1090. The predicted molar refractivity (Wildman–Crippen MR) is 131 cm³/mol. The molecule has 2 aliphatic rings. The lowest BCUT2D eigenvalue weighted by Gasteiger charge is -2.37. The van der Waals surface area contributed by atoms with Crippen LogP contribution in [0.25, 0.3) is 5.52 Å². The minimum atomic E-state index is -0.129. The monoisotopic (exact) mass is 452 g/mol. The van der Waals surface area contributed by atoms with E-state index in [1.165, 1.54) is 38.4 Å². The third-order valence-electron chi connectivity index (χ3n) is 6.29. The maximum atomic E-state index is 9.05. The number of quaternary nitrogens is 1. The van der Waals surface area contributed by atoms with Gasteiger partial charge in [-0.3, -0.25) is 5.41 Å². The summed E-state index contributed by atoms with van der Waals surface area (Å²) in [4.78, 5) is 4.82. The van der Waals surface area contributed by atoms with E-state index >= 15 is 0 Å². The number of aliphatic imine (C=N–C) groups is 1. The van der Waals surface area contributed by atoms with Gasteiger partial charge < -0.3 is 25.4 Å². The van der Waals surface area contributed by atoms with Gasteiger partial charge in [0.25, 0.3) is 0 Å². The SMILES string of the molecule is C[N+]1(CCCNc2nn3ccccc3c2/N=C2\C=C(OCCO)C(=N)C=C2N)CCCCC1. The van der Waals surface area contributed by atoms with Gasteiger partial charge in [0.05, 0.1) is 55.9 Å². The Morgan fingerprint density at radius 3 is 2.88 bits per heavy atom. The van der Waals surface area contributed by atoms with Crippen LogP contribution in [0.2, 0.25) is 0 Å². The zero-order valence-corrected chi connectivity index (χ0v) is 19.3. The molecule has 5 N–H and O–H groups in total. The maximum Gasteiger partial charge on any atom is 0.175 e. The molecular formula is C24H34N7O2+. The summed E-state index contributed by atoms with van der Waals surface area (Å²) in [7, 11) is 2.36. The number of nitrogens with zero attached hydrogens (tertiary/aromatic N) is 4. The molecule has 1 aliphatic carbocycles. The Morgan fingerprint density at radius 2 is 2.09 bits per heavy atom. The molecule has 33 heavy (non-hydrogen) atoms. The molecule has 0 spiro atoms. The number of aromatic nitrogens is 2. The topological polar surface area (TPSA) is 121 Å². The van der Waals surface area contributed by atoms with Gasteiger partial charge in [-0.2, -0.15) is 0 Å². The van der Waals surface area contributed by atoms with E-state index in [-0.39, 0.29) is 18.9 Å². The van der Waals surface area contributed by atoms with Gasteiger partial charge in [0, 0.05) is 25.2 Å². The van der Waals surface area contributed by atoms with Crippen LogP contribution in [0.3, 0.4) is 0 Å². The molecule has 1 fully saturated rings. The highest BCUT2D eigenvalue weighted by molar-refractivity contribution is 6.22. The normalized spacial score (nSPS) is 19.5. The number of allylic oxidation sites excluding steroid dienone is 2. The molecule has 9 nitrogen and oxygen atoms in total. The molecule has 0 unspecified atom stereocenters. The van der Waals surface area contributed by atoms with E-state index in [0.29, 0.717) is 28.7 Å². The van der Waals surface area contributed by atoms with Gasteiger partial charge in [-0.15, -0.1) is 5.10 Å². The molecule has 176 valence electrons. The second-order valence-electron chi connectivity index (χ2n) is 8.95. The van der Waals surface area contributed by atoms with Crippen LogP contribution in [0, 0.1) is 5.41 Å².